The molecule has 1 aromatic rings. The van der Waals surface area contributed by atoms with Crippen molar-refractivity contribution in [1.82, 2.24) is 0 Å². The normalized spacial score (nSPS) is 10.4. The van der Waals surface area contributed by atoms with Crippen molar-refractivity contribution in [2.75, 3.05) is 0 Å². The average Bonchev–Trinajstić information content (AvgIpc) is 2.27. The van der Waals surface area contributed by atoms with Gasteiger partial charge in [-0.05, 0) is 24.6 Å². The van der Waals surface area contributed by atoms with Crippen molar-refractivity contribution in [2.45, 2.75) is 39.0 Å². The van der Waals surface area contributed by atoms with Gasteiger partial charge >= 0.3 is 0 Å². The van der Waals surface area contributed by atoms with Gasteiger partial charge in [0.25, 0.3) is 0 Å². The van der Waals surface area contributed by atoms with E-state index in [2.05, 4.69) is 6.92 Å². The van der Waals surface area contributed by atoms with Gasteiger partial charge < -0.3 is 0 Å². The molecule has 0 spiro atoms. The van der Waals surface area contributed by atoms with Crippen molar-refractivity contribution < 1.29 is 13.6 Å². The van der Waals surface area contributed by atoms with Crippen molar-refractivity contribution in [3.8, 4) is 0 Å². The van der Waals surface area contributed by atoms with Crippen LogP contribution in [0.2, 0.25) is 0 Å². The first-order valence-corrected chi connectivity index (χ1v) is 5.63. The Labute approximate surface area is 94.5 Å². The Kier molecular flexibility index (Phi) is 5.09. The predicted octanol–water partition coefficient (Wildman–Crippen LogP) is 4.12. The molecule has 1 nitrogen and oxygen atoms in total. The Hall–Kier alpha value is -1.25. The van der Waals surface area contributed by atoms with Crippen molar-refractivity contribution in [2.24, 2.45) is 0 Å². The molecule has 0 aliphatic rings. The van der Waals surface area contributed by atoms with E-state index in [-0.39, 0.29) is 11.3 Å². The van der Waals surface area contributed by atoms with Crippen LogP contribution in [0.25, 0.3) is 0 Å². The summed E-state index contributed by atoms with van der Waals surface area (Å²) in [6, 6.07) is 2.98. The van der Waals surface area contributed by atoms with Crippen LogP contribution in [0, 0.1) is 11.6 Å². The number of Topliss-reactive ketones (excluding diaryl/α,β-unsaturated/α-hetero) is 1. The van der Waals surface area contributed by atoms with Crippen LogP contribution >= 0.6 is 0 Å². The highest BCUT2D eigenvalue weighted by Crippen LogP contribution is 2.14. The molecule has 0 aliphatic heterocycles. The highest BCUT2D eigenvalue weighted by Gasteiger charge is 2.12. The van der Waals surface area contributed by atoms with Crippen molar-refractivity contribution in [3.63, 3.8) is 0 Å². The van der Waals surface area contributed by atoms with E-state index in [0.29, 0.717) is 6.42 Å². The second-order valence-electron chi connectivity index (χ2n) is 3.86. The Morgan fingerprint density at radius 3 is 2.62 bits per heavy atom. The number of benzene rings is 1. The molecule has 0 atom stereocenters. The topological polar surface area (TPSA) is 17.1 Å². The number of halogens is 2. The Morgan fingerprint density at radius 1 is 1.19 bits per heavy atom. The summed E-state index contributed by atoms with van der Waals surface area (Å²) in [5.74, 6) is -1.52. The SMILES string of the molecule is CCCCCCC(=O)c1cc(F)ccc1F. The zero-order valence-electron chi connectivity index (χ0n) is 9.43. The van der Waals surface area contributed by atoms with E-state index in [1.54, 1.807) is 0 Å². The van der Waals surface area contributed by atoms with Crippen LogP contribution in [0.3, 0.4) is 0 Å². The maximum atomic E-state index is 13.2. The molecule has 0 amide bonds. The monoisotopic (exact) mass is 226 g/mol. The van der Waals surface area contributed by atoms with Gasteiger partial charge in [-0.25, -0.2) is 8.78 Å². The van der Waals surface area contributed by atoms with Gasteiger partial charge in [0.2, 0.25) is 0 Å². The number of ketones is 1. The third-order valence-corrected chi connectivity index (χ3v) is 2.49. The second kappa shape index (κ2) is 6.36. The van der Waals surface area contributed by atoms with E-state index >= 15 is 0 Å². The molecule has 3 heteroatoms. The van der Waals surface area contributed by atoms with Crippen LogP contribution in [-0.4, -0.2) is 5.78 Å². The molecule has 88 valence electrons. The summed E-state index contributed by atoms with van der Waals surface area (Å²) < 4.78 is 26.0. The number of unbranched alkanes of at least 4 members (excludes halogenated alkanes) is 3. The Bertz CT molecular complexity index is 361. The third kappa shape index (κ3) is 3.72. The molecule has 1 aromatic carbocycles. The second-order valence-corrected chi connectivity index (χ2v) is 3.86. The zero-order valence-corrected chi connectivity index (χ0v) is 9.43. The predicted molar refractivity (Wildman–Crippen MR) is 59.4 cm³/mol. The molecule has 0 unspecified atom stereocenters. The third-order valence-electron chi connectivity index (χ3n) is 2.49. The molecule has 0 fully saturated rings. The van der Waals surface area contributed by atoms with E-state index in [0.717, 1.165) is 43.9 Å². The minimum atomic E-state index is -0.637. The van der Waals surface area contributed by atoms with E-state index in [9.17, 15) is 13.6 Å². The van der Waals surface area contributed by atoms with E-state index in [1.807, 2.05) is 0 Å². The fraction of sp³-hybridized carbons (Fsp3) is 0.462. The fourth-order valence-corrected chi connectivity index (χ4v) is 1.56. The van der Waals surface area contributed by atoms with E-state index in [1.165, 1.54) is 0 Å². The summed E-state index contributed by atoms with van der Waals surface area (Å²) in [4.78, 5) is 11.6. The molecule has 0 heterocycles. The maximum Gasteiger partial charge on any atom is 0.165 e. The smallest absolute Gasteiger partial charge is 0.165 e. The van der Waals surface area contributed by atoms with E-state index in [4.69, 9.17) is 0 Å². The molecule has 0 bridgehead atoms. The van der Waals surface area contributed by atoms with Gasteiger partial charge in [-0.15, -0.1) is 0 Å². The first-order chi connectivity index (χ1) is 7.65. The average molecular weight is 226 g/mol. The fourth-order valence-electron chi connectivity index (χ4n) is 1.56. The lowest BCUT2D eigenvalue weighted by molar-refractivity contribution is 0.0974. The highest BCUT2D eigenvalue weighted by atomic mass is 19.1. The first-order valence-electron chi connectivity index (χ1n) is 5.63. The molecule has 1 rings (SSSR count). The summed E-state index contributed by atoms with van der Waals surface area (Å²) in [5, 5.41) is 0. The Morgan fingerprint density at radius 2 is 1.94 bits per heavy atom. The maximum absolute atomic E-state index is 13.2. The standard InChI is InChI=1S/C13H16F2O/c1-2-3-4-5-6-13(16)11-9-10(14)7-8-12(11)15/h7-9H,2-6H2,1H3. The van der Waals surface area contributed by atoms with Crippen molar-refractivity contribution >= 4 is 5.78 Å². The number of rotatable bonds is 6. The van der Waals surface area contributed by atoms with Gasteiger partial charge in [-0.3, -0.25) is 4.79 Å². The molecule has 16 heavy (non-hydrogen) atoms. The number of hydrogen-bond acceptors (Lipinski definition) is 1. The van der Waals surface area contributed by atoms with Crippen LogP contribution in [0.1, 0.15) is 49.4 Å². The van der Waals surface area contributed by atoms with Crippen LogP contribution in [0.4, 0.5) is 8.78 Å². The molecular formula is C13H16F2O. The minimum Gasteiger partial charge on any atom is -0.294 e. The molecule has 0 saturated carbocycles. The summed E-state index contributed by atoms with van der Waals surface area (Å²) in [6.07, 6.45) is 4.14. The van der Waals surface area contributed by atoms with Gasteiger partial charge in [0.15, 0.2) is 5.78 Å². The molecule has 0 aromatic heterocycles. The summed E-state index contributed by atoms with van der Waals surface area (Å²) in [5.41, 5.74) is -0.128. The highest BCUT2D eigenvalue weighted by molar-refractivity contribution is 5.96. The van der Waals surface area contributed by atoms with Gasteiger partial charge in [0.05, 0.1) is 5.56 Å². The lowest BCUT2D eigenvalue weighted by Crippen LogP contribution is -2.03. The van der Waals surface area contributed by atoms with Crippen LogP contribution in [0.15, 0.2) is 18.2 Å². The lowest BCUT2D eigenvalue weighted by atomic mass is 10.0. The first kappa shape index (κ1) is 12.8. The van der Waals surface area contributed by atoms with Crippen LogP contribution in [-0.2, 0) is 0 Å². The van der Waals surface area contributed by atoms with Gasteiger partial charge in [-0.1, -0.05) is 26.2 Å². The van der Waals surface area contributed by atoms with Crippen molar-refractivity contribution in [3.05, 3.63) is 35.4 Å². The van der Waals surface area contributed by atoms with E-state index < -0.39 is 11.6 Å². The van der Waals surface area contributed by atoms with Crippen molar-refractivity contribution in [1.29, 1.82) is 0 Å². The molecule has 0 saturated heterocycles. The van der Waals surface area contributed by atoms with Gasteiger partial charge in [0.1, 0.15) is 11.6 Å². The Balaban J connectivity index is 2.55. The largest absolute Gasteiger partial charge is 0.294 e. The minimum absolute atomic E-state index is 0.128. The summed E-state index contributed by atoms with van der Waals surface area (Å²) >= 11 is 0. The zero-order chi connectivity index (χ0) is 12.0. The molecule has 0 radical (unpaired) electrons. The lowest BCUT2D eigenvalue weighted by Gasteiger charge is -2.02. The quantitative estimate of drug-likeness (QED) is 0.526. The molecule has 0 aliphatic carbocycles. The van der Waals surface area contributed by atoms with Crippen LogP contribution in [0.5, 0.6) is 0 Å². The molecule has 0 N–H and O–H groups in total. The number of carbonyl (C=O) groups excluding carboxylic acids is 1. The molecular weight excluding hydrogens is 210 g/mol. The summed E-state index contributed by atoms with van der Waals surface area (Å²) in [6.45, 7) is 2.08. The number of carbonyl (C=O) groups is 1. The number of hydrogen-bond donors (Lipinski definition) is 0. The summed E-state index contributed by atoms with van der Waals surface area (Å²) in [7, 11) is 0. The van der Waals surface area contributed by atoms with Crippen LogP contribution < -0.4 is 0 Å². The van der Waals surface area contributed by atoms with Gasteiger partial charge in [0, 0.05) is 6.42 Å². The van der Waals surface area contributed by atoms with Gasteiger partial charge in [-0.2, -0.15) is 0 Å².